The Balaban J connectivity index is 1.76. The fraction of sp³-hybridized carbons (Fsp3) is 0.368. The molecule has 3 rings (SSSR count). The SMILES string of the molecule is CC(=O)c1cccc(C(=O)N(CCC(=O)ON)CC(=O)N(CCC(C)C)CC(=O)C(C)(C)Nc2ccc(N(N)C(=O)N(N)c3ccccc3C)cc2)c1. The van der Waals surface area contributed by atoms with E-state index >= 15 is 0 Å². The van der Waals surface area contributed by atoms with Gasteiger partial charge in [-0.05, 0) is 88.1 Å². The highest BCUT2D eigenvalue weighted by Crippen LogP contribution is 2.23. The van der Waals surface area contributed by atoms with E-state index in [2.05, 4.69) is 10.2 Å². The third-order valence-electron chi connectivity index (χ3n) is 8.60. The summed E-state index contributed by atoms with van der Waals surface area (Å²) < 4.78 is 0. The average molecular weight is 731 g/mol. The third-order valence-corrected chi connectivity index (χ3v) is 8.60. The summed E-state index contributed by atoms with van der Waals surface area (Å²) in [6, 6.07) is 19.0. The molecule has 0 aliphatic rings. The molecule has 4 amide bonds. The minimum absolute atomic E-state index is 0.154. The second kappa shape index (κ2) is 18.7. The first-order valence-corrected chi connectivity index (χ1v) is 17.1. The molecule has 0 spiro atoms. The van der Waals surface area contributed by atoms with Crippen molar-refractivity contribution < 1.29 is 33.6 Å². The molecule has 0 radical (unpaired) electrons. The Bertz CT molecular complexity index is 1790. The van der Waals surface area contributed by atoms with Gasteiger partial charge in [0.15, 0.2) is 11.6 Å². The molecule has 3 aromatic carbocycles. The Morgan fingerprint density at radius 3 is 2.06 bits per heavy atom. The van der Waals surface area contributed by atoms with E-state index in [0.717, 1.165) is 15.6 Å². The van der Waals surface area contributed by atoms with Crippen LogP contribution in [0.2, 0.25) is 0 Å². The number of hydrazine groups is 2. The van der Waals surface area contributed by atoms with Crippen LogP contribution in [0, 0.1) is 12.8 Å². The number of hydrogen-bond acceptors (Lipinski definition) is 11. The molecule has 0 unspecified atom stereocenters. The van der Waals surface area contributed by atoms with Crippen molar-refractivity contribution >= 4 is 52.4 Å². The number of amides is 4. The Morgan fingerprint density at radius 1 is 0.811 bits per heavy atom. The smallest absolute Gasteiger partial charge is 0.357 e. The lowest BCUT2D eigenvalue weighted by atomic mass is 9.97. The van der Waals surface area contributed by atoms with E-state index in [1.54, 1.807) is 62.4 Å². The maximum absolute atomic E-state index is 13.8. The number of para-hydroxylation sites is 1. The molecule has 0 aliphatic carbocycles. The quantitative estimate of drug-likeness (QED) is 0.0675. The van der Waals surface area contributed by atoms with E-state index in [-0.39, 0.29) is 49.1 Å². The van der Waals surface area contributed by atoms with Gasteiger partial charge in [0.2, 0.25) is 5.91 Å². The summed E-state index contributed by atoms with van der Waals surface area (Å²) in [4.78, 5) is 84.9. The van der Waals surface area contributed by atoms with Gasteiger partial charge in [0, 0.05) is 29.9 Å². The number of carbonyl (C=O) groups is 6. The normalized spacial score (nSPS) is 11.1. The van der Waals surface area contributed by atoms with Crippen molar-refractivity contribution in [2.45, 2.75) is 59.9 Å². The summed E-state index contributed by atoms with van der Waals surface area (Å²) in [7, 11) is 0. The lowest BCUT2D eigenvalue weighted by Crippen LogP contribution is -2.51. The maximum Gasteiger partial charge on any atom is 0.357 e. The molecule has 0 fully saturated rings. The summed E-state index contributed by atoms with van der Waals surface area (Å²) in [5.74, 6) is 14.9. The molecule has 53 heavy (non-hydrogen) atoms. The molecule has 15 heteroatoms. The number of anilines is 3. The number of carbonyl (C=O) groups excluding carboxylic acids is 6. The predicted octanol–water partition coefficient (Wildman–Crippen LogP) is 3.96. The van der Waals surface area contributed by atoms with E-state index in [1.807, 2.05) is 32.9 Å². The van der Waals surface area contributed by atoms with Gasteiger partial charge in [0.1, 0.15) is 6.54 Å². The zero-order chi connectivity index (χ0) is 39.5. The molecule has 284 valence electrons. The Kier molecular flexibility index (Phi) is 14.8. The first-order chi connectivity index (χ1) is 24.9. The van der Waals surface area contributed by atoms with Crippen molar-refractivity contribution in [1.82, 2.24) is 9.80 Å². The second-order valence-corrected chi connectivity index (χ2v) is 13.6. The molecule has 7 N–H and O–H groups in total. The number of hydrogen-bond donors (Lipinski definition) is 4. The van der Waals surface area contributed by atoms with Crippen LogP contribution in [-0.4, -0.2) is 76.9 Å². The van der Waals surface area contributed by atoms with E-state index < -0.39 is 35.9 Å². The van der Waals surface area contributed by atoms with Crippen LogP contribution in [0.15, 0.2) is 72.8 Å². The van der Waals surface area contributed by atoms with Crippen molar-refractivity contribution in [3.8, 4) is 0 Å². The average Bonchev–Trinajstić information content (AvgIpc) is 3.13. The topological polar surface area (TPSA) is 215 Å². The van der Waals surface area contributed by atoms with Crippen LogP contribution < -0.4 is 32.9 Å². The van der Waals surface area contributed by atoms with Crippen molar-refractivity contribution in [2.24, 2.45) is 23.5 Å². The van der Waals surface area contributed by atoms with Crippen LogP contribution >= 0.6 is 0 Å². The summed E-state index contributed by atoms with van der Waals surface area (Å²) in [6.45, 7) is 9.85. The van der Waals surface area contributed by atoms with Crippen LogP contribution in [0.1, 0.15) is 73.7 Å². The van der Waals surface area contributed by atoms with Gasteiger partial charge >= 0.3 is 12.0 Å². The number of rotatable bonds is 17. The van der Waals surface area contributed by atoms with E-state index in [1.165, 1.54) is 28.9 Å². The Morgan fingerprint density at radius 2 is 1.45 bits per heavy atom. The summed E-state index contributed by atoms with van der Waals surface area (Å²) >= 11 is 0. The number of aryl methyl sites for hydroxylation is 1. The van der Waals surface area contributed by atoms with Gasteiger partial charge in [-0.3, -0.25) is 24.0 Å². The van der Waals surface area contributed by atoms with Crippen LogP contribution in [0.4, 0.5) is 21.9 Å². The molecular formula is C38H50N8O7. The predicted molar refractivity (Wildman–Crippen MR) is 202 cm³/mol. The number of urea groups is 1. The highest BCUT2D eigenvalue weighted by Gasteiger charge is 2.32. The van der Waals surface area contributed by atoms with Gasteiger partial charge in [0.25, 0.3) is 5.91 Å². The molecule has 0 aliphatic heterocycles. The van der Waals surface area contributed by atoms with Crippen LogP contribution in [0.25, 0.3) is 0 Å². The van der Waals surface area contributed by atoms with E-state index in [0.29, 0.717) is 29.0 Å². The van der Waals surface area contributed by atoms with Gasteiger partial charge in [-0.15, -0.1) is 0 Å². The molecule has 0 heterocycles. The van der Waals surface area contributed by atoms with Crippen molar-refractivity contribution in [3.63, 3.8) is 0 Å². The molecule has 0 saturated heterocycles. The molecular weight excluding hydrogens is 680 g/mol. The number of nitrogens with two attached hydrogens (primary N) is 3. The highest BCUT2D eigenvalue weighted by atomic mass is 16.7. The number of Topliss-reactive ketones (excluding diaryl/α,β-unsaturated/α-hetero) is 2. The number of benzene rings is 3. The number of ketones is 2. The molecule has 0 aromatic heterocycles. The number of nitrogens with zero attached hydrogens (tertiary/aromatic N) is 4. The first kappa shape index (κ1) is 41.8. The molecule has 3 aromatic rings. The molecule has 0 saturated carbocycles. The Hall–Kier alpha value is -5.64. The standard InChI is InChI=1S/C38H50N8O7/c1-25(2)18-20-43(34(49)24-44(21-19-35(50)53-41)36(51)29-12-9-11-28(22-29)27(4)47)23-33(48)38(5,6)42-30-14-16-31(17-15-30)45(39)37(52)46(40)32-13-8-7-10-26(32)3/h7-17,22,25,42H,18-21,23-24,39-41H2,1-6H3. The second-order valence-electron chi connectivity index (χ2n) is 13.6. The zero-order valence-corrected chi connectivity index (χ0v) is 31.1. The number of nitrogens with one attached hydrogen (secondary N) is 1. The minimum atomic E-state index is -1.16. The van der Waals surface area contributed by atoms with Crippen LogP contribution in [0.5, 0.6) is 0 Å². The fourth-order valence-electron chi connectivity index (χ4n) is 5.23. The molecule has 15 nitrogen and oxygen atoms in total. The van der Waals surface area contributed by atoms with Crippen molar-refractivity contribution in [1.29, 1.82) is 0 Å². The first-order valence-electron chi connectivity index (χ1n) is 17.1. The maximum atomic E-state index is 13.8. The largest absolute Gasteiger partial charge is 0.373 e. The summed E-state index contributed by atoms with van der Waals surface area (Å²) in [6.07, 6.45) is 0.302. The lowest BCUT2D eigenvalue weighted by molar-refractivity contribution is -0.144. The van der Waals surface area contributed by atoms with Gasteiger partial charge < -0.3 is 20.0 Å². The van der Waals surface area contributed by atoms with Crippen molar-refractivity contribution in [3.05, 3.63) is 89.5 Å². The van der Waals surface area contributed by atoms with Gasteiger partial charge in [0.05, 0.1) is 29.9 Å². The highest BCUT2D eigenvalue weighted by molar-refractivity contribution is 6.03. The summed E-state index contributed by atoms with van der Waals surface area (Å²) in [5, 5.41) is 5.07. The monoisotopic (exact) mass is 730 g/mol. The summed E-state index contributed by atoms with van der Waals surface area (Å²) in [5.41, 5.74) is 1.50. The fourth-order valence-corrected chi connectivity index (χ4v) is 5.23. The van der Waals surface area contributed by atoms with Crippen molar-refractivity contribution in [2.75, 3.05) is 41.5 Å². The minimum Gasteiger partial charge on any atom is -0.373 e. The zero-order valence-electron chi connectivity index (χ0n) is 31.1. The Labute approximate surface area is 309 Å². The van der Waals surface area contributed by atoms with Gasteiger partial charge in [-0.1, -0.05) is 44.2 Å². The van der Waals surface area contributed by atoms with Crippen LogP contribution in [-0.2, 0) is 19.2 Å². The lowest BCUT2D eigenvalue weighted by Gasteiger charge is -2.32. The van der Waals surface area contributed by atoms with Crippen LogP contribution in [0.3, 0.4) is 0 Å². The molecule has 0 bridgehead atoms. The van der Waals surface area contributed by atoms with E-state index in [9.17, 15) is 28.8 Å². The van der Waals surface area contributed by atoms with Gasteiger partial charge in [-0.25, -0.2) is 26.5 Å². The van der Waals surface area contributed by atoms with Gasteiger partial charge in [-0.2, -0.15) is 5.90 Å². The third kappa shape index (κ3) is 11.7. The van der Waals surface area contributed by atoms with E-state index in [4.69, 9.17) is 17.6 Å². The molecule has 0 atom stereocenters.